The summed E-state index contributed by atoms with van der Waals surface area (Å²) in [4.78, 5) is 11.5. The molecule has 1 aliphatic heterocycles. The van der Waals surface area contributed by atoms with Crippen molar-refractivity contribution in [2.75, 3.05) is 18.5 Å². The molecule has 1 aliphatic rings. The van der Waals surface area contributed by atoms with Crippen LogP contribution in [-0.4, -0.2) is 28.9 Å². The van der Waals surface area contributed by atoms with Gasteiger partial charge in [0.25, 0.3) is 0 Å². The fraction of sp³-hybridized carbons (Fsp3) is 0.556. The number of halogens is 1. The van der Waals surface area contributed by atoms with E-state index in [1.807, 2.05) is 0 Å². The van der Waals surface area contributed by atoms with Crippen molar-refractivity contribution in [1.82, 2.24) is 9.78 Å². The first-order valence-electron chi connectivity index (χ1n) is 4.91. The SMILES string of the molecule is CCOC(=O)c1nn2c(c1Br)NCCC2. The number of hydrogen-bond acceptors (Lipinski definition) is 4. The molecular formula is C9H12BrN3O2. The van der Waals surface area contributed by atoms with Crippen LogP contribution in [0, 0.1) is 0 Å². The Kier molecular flexibility index (Phi) is 2.95. The molecule has 0 saturated heterocycles. The number of ether oxygens (including phenoxy) is 1. The highest BCUT2D eigenvalue weighted by Gasteiger charge is 2.23. The molecule has 5 nitrogen and oxygen atoms in total. The molecule has 15 heavy (non-hydrogen) atoms. The fourth-order valence-electron chi connectivity index (χ4n) is 1.54. The molecular weight excluding hydrogens is 262 g/mol. The number of hydrogen-bond donors (Lipinski definition) is 1. The molecule has 6 heteroatoms. The largest absolute Gasteiger partial charge is 0.461 e. The van der Waals surface area contributed by atoms with Crippen LogP contribution in [0.25, 0.3) is 0 Å². The Morgan fingerprint density at radius 1 is 1.73 bits per heavy atom. The average Bonchev–Trinajstić information content (AvgIpc) is 2.57. The van der Waals surface area contributed by atoms with Gasteiger partial charge in [0.15, 0.2) is 5.69 Å². The maximum atomic E-state index is 11.5. The highest BCUT2D eigenvalue weighted by atomic mass is 79.9. The van der Waals surface area contributed by atoms with Gasteiger partial charge in [0.05, 0.1) is 11.1 Å². The molecule has 0 bridgehead atoms. The summed E-state index contributed by atoms with van der Waals surface area (Å²) in [5, 5.41) is 7.40. The van der Waals surface area contributed by atoms with E-state index in [2.05, 4.69) is 26.3 Å². The summed E-state index contributed by atoms with van der Waals surface area (Å²) >= 11 is 3.36. The van der Waals surface area contributed by atoms with Gasteiger partial charge in [-0.25, -0.2) is 9.48 Å². The summed E-state index contributed by atoms with van der Waals surface area (Å²) in [6.07, 6.45) is 1.02. The van der Waals surface area contributed by atoms with Crippen molar-refractivity contribution < 1.29 is 9.53 Å². The van der Waals surface area contributed by atoms with Crippen molar-refractivity contribution in [2.45, 2.75) is 19.9 Å². The van der Waals surface area contributed by atoms with Gasteiger partial charge in [0.2, 0.25) is 0 Å². The zero-order valence-corrected chi connectivity index (χ0v) is 10.0. The number of anilines is 1. The van der Waals surface area contributed by atoms with Gasteiger partial charge in [-0.15, -0.1) is 0 Å². The first kappa shape index (κ1) is 10.5. The van der Waals surface area contributed by atoms with Gasteiger partial charge in [-0.05, 0) is 29.3 Å². The maximum Gasteiger partial charge on any atom is 0.360 e. The number of aromatic nitrogens is 2. The molecule has 0 spiro atoms. The highest BCUT2D eigenvalue weighted by Crippen LogP contribution is 2.29. The van der Waals surface area contributed by atoms with Crippen LogP contribution in [0.4, 0.5) is 5.82 Å². The molecule has 0 aromatic carbocycles. The fourth-order valence-corrected chi connectivity index (χ4v) is 2.12. The quantitative estimate of drug-likeness (QED) is 0.833. The summed E-state index contributed by atoms with van der Waals surface area (Å²) in [5.74, 6) is 0.484. The number of carbonyl (C=O) groups is 1. The Morgan fingerprint density at radius 3 is 3.20 bits per heavy atom. The molecule has 0 fully saturated rings. The Balaban J connectivity index is 2.32. The van der Waals surface area contributed by atoms with Gasteiger partial charge in [-0.1, -0.05) is 0 Å². The summed E-state index contributed by atoms with van der Waals surface area (Å²) in [6, 6.07) is 0. The second-order valence-electron chi connectivity index (χ2n) is 3.24. The Hall–Kier alpha value is -1.04. The third-order valence-electron chi connectivity index (χ3n) is 2.20. The van der Waals surface area contributed by atoms with E-state index >= 15 is 0 Å². The number of carbonyl (C=O) groups excluding carboxylic acids is 1. The van der Waals surface area contributed by atoms with Crippen molar-refractivity contribution in [3.63, 3.8) is 0 Å². The van der Waals surface area contributed by atoms with Crippen molar-refractivity contribution in [2.24, 2.45) is 0 Å². The predicted octanol–water partition coefficient (Wildman–Crippen LogP) is 1.64. The van der Waals surface area contributed by atoms with Crippen LogP contribution in [0.2, 0.25) is 0 Å². The Morgan fingerprint density at radius 2 is 2.53 bits per heavy atom. The summed E-state index contributed by atoms with van der Waals surface area (Å²) in [7, 11) is 0. The lowest BCUT2D eigenvalue weighted by Crippen LogP contribution is -2.17. The normalized spacial score (nSPS) is 14.3. The van der Waals surface area contributed by atoms with Crippen LogP contribution in [0.15, 0.2) is 4.47 Å². The number of nitrogens with zero attached hydrogens (tertiary/aromatic N) is 2. The third-order valence-corrected chi connectivity index (χ3v) is 2.95. The van der Waals surface area contributed by atoms with Gasteiger partial charge in [0.1, 0.15) is 5.82 Å². The number of fused-ring (bicyclic) bond motifs is 1. The lowest BCUT2D eigenvalue weighted by Gasteiger charge is -2.15. The Bertz CT molecular complexity index is 389. The summed E-state index contributed by atoms with van der Waals surface area (Å²) < 4.78 is 7.40. The molecule has 0 radical (unpaired) electrons. The van der Waals surface area contributed by atoms with Gasteiger partial charge >= 0.3 is 5.97 Å². The smallest absolute Gasteiger partial charge is 0.360 e. The van der Waals surface area contributed by atoms with E-state index in [9.17, 15) is 4.79 Å². The zero-order valence-electron chi connectivity index (χ0n) is 8.42. The third kappa shape index (κ3) is 1.86. The van der Waals surface area contributed by atoms with Crippen LogP contribution in [0.3, 0.4) is 0 Å². The first-order valence-corrected chi connectivity index (χ1v) is 5.70. The van der Waals surface area contributed by atoms with Crippen molar-refractivity contribution in [1.29, 1.82) is 0 Å². The first-order chi connectivity index (χ1) is 7.24. The standard InChI is InChI=1S/C9H12BrN3O2/c1-2-15-9(14)7-6(10)8-11-4-3-5-13(8)12-7/h11H,2-5H2,1H3. The number of esters is 1. The number of nitrogens with one attached hydrogen (secondary N) is 1. The highest BCUT2D eigenvalue weighted by molar-refractivity contribution is 9.10. The maximum absolute atomic E-state index is 11.5. The summed E-state index contributed by atoms with van der Waals surface area (Å²) in [6.45, 7) is 3.88. The minimum Gasteiger partial charge on any atom is -0.461 e. The van der Waals surface area contributed by atoms with Crippen molar-refractivity contribution in [3.05, 3.63) is 10.2 Å². The van der Waals surface area contributed by atoms with Gasteiger partial charge in [-0.3, -0.25) is 0 Å². The van der Waals surface area contributed by atoms with Gasteiger partial charge in [0, 0.05) is 13.1 Å². The lowest BCUT2D eigenvalue weighted by molar-refractivity contribution is 0.0517. The van der Waals surface area contributed by atoms with E-state index in [0.717, 1.165) is 25.3 Å². The molecule has 0 amide bonds. The van der Waals surface area contributed by atoms with Crippen LogP contribution in [-0.2, 0) is 11.3 Å². The molecule has 0 aliphatic carbocycles. The molecule has 1 aromatic rings. The minimum absolute atomic E-state index is 0.348. The summed E-state index contributed by atoms with van der Waals surface area (Å²) in [5.41, 5.74) is 0.348. The molecule has 0 atom stereocenters. The number of rotatable bonds is 2. The van der Waals surface area contributed by atoms with E-state index in [1.165, 1.54) is 0 Å². The van der Waals surface area contributed by atoms with E-state index in [-0.39, 0.29) is 5.97 Å². The van der Waals surface area contributed by atoms with Gasteiger partial charge in [-0.2, -0.15) is 5.10 Å². The van der Waals surface area contributed by atoms with E-state index < -0.39 is 0 Å². The average molecular weight is 274 g/mol. The molecule has 1 N–H and O–H groups in total. The van der Waals surface area contributed by atoms with E-state index in [1.54, 1.807) is 11.6 Å². The van der Waals surface area contributed by atoms with E-state index in [4.69, 9.17) is 4.74 Å². The zero-order chi connectivity index (χ0) is 10.8. The Labute approximate surface area is 95.9 Å². The van der Waals surface area contributed by atoms with Crippen molar-refractivity contribution in [3.8, 4) is 0 Å². The van der Waals surface area contributed by atoms with Crippen LogP contribution < -0.4 is 5.32 Å². The second kappa shape index (κ2) is 4.22. The topological polar surface area (TPSA) is 56.1 Å². The van der Waals surface area contributed by atoms with Crippen LogP contribution in [0.1, 0.15) is 23.8 Å². The van der Waals surface area contributed by atoms with Crippen LogP contribution >= 0.6 is 15.9 Å². The molecule has 2 rings (SSSR count). The lowest BCUT2D eigenvalue weighted by atomic mass is 10.3. The number of aryl methyl sites for hydroxylation is 1. The van der Waals surface area contributed by atoms with E-state index in [0.29, 0.717) is 16.8 Å². The monoisotopic (exact) mass is 273 g/mol. The second-order valence-corrected chi connectivity index (χ2v) is 4.03. The molecule has 2 heterocycles. The van der Waals surface area contributed by atoms with Crippen molar-refractivity contribution >= 4 is 27.7 Å². The molecule has 82 valence electrons. The molecule has 1 aromatic heterocycles. The van der Waals surface area contributed by atoms with Crippen LogP contribution in [0.5, 0.6) is 0 Å². The van der Waals surface area contributed by atoms with Gasteiger partial charge < -0.3 is 10.1 Å². The molecule has 0 saturated carbocycles. The minimum atomic E-state index is -0.381. The molecule has 0 unspecified atom stereocenters. The predicted molar refractivity (Wildman–Crippen MR) is 59.0 cm³/mol.